The van der Waals surface area contributed by atoms with Crippen LogP contribution in [0.2, 0.25) is 32.2 Å². The van der Waals surface area contributed by atoms with Gasteiger partial charge in [-0.05, 0) is 32.4 Å². The van der Waals surface area contributed by atoms with Crippen LogP contribution in [0.5, 0.6) is 0 Å². The fourth-order valence-corrected chi connectivity index (χ4v) is 10.7. The van der Waals surface area contributed by atoms with Crippen LogP contribution in [0.3, 0.4) is 0 Å². The Bertz CT molecular complexity index is 584. The largest absolute Gasteiger partial charge is 0.513 e. The highest BCUT2D eigenvalue weighted by Gasteiger charge is 2.60. The summed E-state index contributed by atoms with van der Waals surface area (Å²) in [6.45, 7) is 19.9. The van der Waals surface area contributed by atoms with Gasteiger partial charge in [0.2, 0.25) is 0 Å². The van der Waals surface area contributed by atoms with E-state index in [4.69, 9.17) is 23.4 Å². The van der Waals surface area contributed by atoms with Gasteiger partial charge in [-0.1, -0.05) is 59.0 Å². The number of hydrogen-bond acceptors (Lipinski definition) is 7. The van der Waals surface area contributed by atoms with Crippen molar-refractivity contribution in [3.05, 3.63) is 25.7 Å². The van der Waals surface area contributed by atoms with Crippen LogP contribution in [-0.2, 0) is 23.4 Å². The van der Waals surface area contributed by atoms with Gasteiger partial charge in [0.15, 0.2) is 7.83 Å². The van der Waals surface area contributed by atoms with Gasteiger partial charge in [-0.3, -0.25) is 0 Å². The first-order valence-electron chi connectivity index (χ1n) is 10.7. The first-order chi connectivity index (χ1) is 14.0. The molecule has 0 aromatic rings. The average molecular weight is 459 g/mol. The standard InChI is InChI=1S/C21H38O7Si2/c1-9-13-17(26-19(22)24-11-3)21(15-16-29(5,6)30(7,8)28-21)18(14-10-2)27-20(23)25-12-4/h11-12,17-18H,3-4,9-10,13-16H2,1-2,5-8H3. The molecule has 1 saturated heterocycles. The van der Waals surface area contributed by atoms with Gasteiger partial charge < -0.3 is 23.4 Å². The molecule has 1 aliphatic rings. The highest BCUT2D eigenvalue weighted by molar-refractivity contribution is 7.38. The minimum absolute atomic E-state index is 0.554. The SMILES string of the molecule is C=COC(=O)OC(CCC)C1(C(CCC)OC(=O)OC=C)CC[Si](C)(C)[Si](C)(C)O1. The third kappa shape index (κ3) is 6.21. The van der Waals surface area contributed by atoms with Crippen LogP contribution in [0.25, 0.3) is 0 Å². The molecule has 2 unspecified atom stereocenters. The molecule has 30 heavy (non-hydrogen) atoms. The minimum Gasteiger partial charge on any atom is -0.427 e. The average Bonchev–Trinajstić information content (AvgIpc) is 2.64. The number of ether oxygens (including phenoxy) is 4. The molecule has 0 aromatic heterocycles. The summed E-state index contributed by atoms with van der Waals surface area (Å²) in [6.07, 6.45) is 2.42. The molecule has 1 fully saturated rings. The molecule has 0 saturated carbocycles. The first kappa shape index (κ1) is 26.4. The maximum absolute atomic E-state index is 12.2. The number of rotatable bonds is 10. The molecule has 0 aromatic carbocycles. The molecule has 0 aliphatic carbocycles. The van der Waals surface area contributed by atoms with Crippen LogP contribution in [0.15, 0.2) is 25.7 Å². The lowest BCUT2D eigenvalue weighted by Crippen LogP contribution is -2.71. The summed E-state index contributed by atoms with van der Waals surface area (Å²) in [4.78, 5) is 24.4. The van der Waals surface area contributed by atoms with Crippen molar-refractivity contribution in [2.45, 2.75) is 96.0 Å². The van der Waals surface area contributed by atoms with Crippen molar-refractivity contribution in [3.8, 4) is 0 Å². The maximum atomic E-state index is 12.2. The van der Waals surface area contributed by atoms with E-state index in [9.17, 15) is 9.59 Å². The number of carbonyl (C=O) groups excluding carboxylic acids is 2. The van der Waals surface area contributed by atoms with Gasteiger partial charge in [0.25, 0.3) is 0 Å². The monoisotopic (exact) mass is 458 g/mol. The Morgan fingerprint density at radius 2 is 1.40 bits per heavy atom. The van der Waals surface area contributed by atoms with Crippen LogP contribution >= 0.6 is 0 Å². The molecule has 1 rings (SSSR count). The van der Waals surface area contributed by atoms with E-state index in [-0.39, 0.29) is 0 Å². The van der Waals surface area contributed by atoms with E-state index < -0.39 is 45.5 Å². The molecule has 0 amide bonds. The van der Waals surface area contributed by atoms with Gasteiger partial charge in [0, 0.05) is 0 Å². The smallest absolute Gasteiger partial charge is 0.427 e. The van der Waals surface area contributed by atoms with Crippen LogP contribution < -0.4 is 0 Å². The number of carbonyl (C=O) groups is 2. The predicted molar refractivity (Wildman–Crippen MR) is 121 cm³/mol. The summed E-state index contributed by atoms with van der Waals surface area (Å²) >= 11 is 0. The molecule has 0 spiro atoms. The molecule has 0 bridgehead atoms. The Hall–Kier alpha value is -1.59. The Morgan fingerprint density at radius 3 is 1.73 bits per heavy atom. The van der Waals surface area contributed by atoms with Gasteiger partial charge in [-0.15, -0.1) is 0 Å². The highest BCUT2D eigenvalue weighted by atomic mass is 29.3. The topological polar surface area (TPSA) is 80.3 Å². The van der Waals surface area contributed by atoms with E-state index in [1.54, 1.807) is 0 Å². The van der Waals surface area contributed by atoms with E-state index in [0.29, 0.717) is 19.3 Å². The van der Waals surface area contributed by atoms with Crippen LogP contribution in [-0.4, -0.2) is 45.5 Å². The van der Waals surface area contributed by atoms with Crippen molar-refractivity contribution in [3.63, 3.8) is 0 Å². The van der Waals surface area contributed by atoms with Gasteiger partial charge in [-0.25, -0.2) is 9.59 Å². The molecule has 7 nitrogen and oxygen atoms in total. The quantitative estimate of drug-likeness (QED) is 0.223. The lowest BCUT2D eigenvalue weighted by molar-refractivity contribution is -0.154. The summed E-state index contributed by atoms with van der Waals surface area (Å²) in [5.41, 5.74) is -0.954. The van der Waals surface area contributed by atoms with Crippen molar-refractivity contribution in [2.24, 2.45) is 0 Å². The lowest BCUT2D eigenvalue weighted by Gasteiger charge is -2.56. The summed E-state index contributed by atoms with van der Waals surface area (Å²) < 4.78 is 28.1. The van der Waals surface area contributed by atoms with Gasteiger partial charge in [0.1, 0.15) is 17.8 Å². The molecule has 0 N–H and O–H groups in total. The molecule has 9 heteroatoms. The lowest BCUT2D eigenvalue weighted by atomic mass is 9.83. The molecule has 1 aliphatic heterocycles. The second-order valence-electron chi connectivity index (χ2n) is 8.81. The third-order valence-corrected chi connectivity index (χ3v) is 22.7. The van der Waals surface area contributed by atoms with E-state index in [1.807, 2.05) is 13.8 Å². The van der Waals surface area contributed by atoms with Gasteiger partial charge in [-0.2, -0.15) is 0 Å². The molecular weight excluding hydrogens is 420 g/mol. The van der Waals surface area contributed by atoms with Crippen molar-refractivity contribution >= 4 is 27.7 Å². The predicted octanol–water partition coefficient (Wildman–Crippen LogP) is 6.07. The van der Waals surface area contributed by atoms with Gasteiger partial charge >= 0.3 is 12.3 Å². The molecule has 0 radical (unpaired) electrons. The van der Waals surface area contributed by atoms with Crippen molar-refractivity contribution < 1.29 is 33.0 Å². The zero-order chi connectivity index (χ0) is 23.0. The zero-order valence-electron chi connectivity index (χ0n) is 19.3. The minimum atomic E-state index is -2.14. The van der Waals surface area contributed by atoms with E-state index in [1.165, 1.54) is 0 Å². The molecule has 172 valence electrons. The fraction of sp³-hybridized carbons (Fsp3) is 0.714. The number of hydrogen-bond donors (Lipinski definition) is 0. The van der Waals surface area contributed by atoms with Crippen LogP contribution in [0, 0.1) is 0 Å². The van der Waals surface area contributed by atoms with Crippen molar-refractivity contribution in [2.75, 3.05) is 0 Å². The van der Waals surface area contributed by atoms with Gasteiger partial charge in [0.05, 0.1) is 20.1 Å². The summed E-state index contributed by atoms with van der Waals surface area (Å²) in [5.74, 6) is 0. The van der Waals surface area contributed by atoms with Crippen molar-refractivity contribution in [1.82, 2.24) is 0 Å². The van der Waals surface area contributed by atoms with E-state index in [2.05, 4.69) is 39.3 Å². The van der Waals surface area contributed by atoms with Crippen LogP contribution in [0.1, 0.15) is 46.0 Å². The maximum Gasteiger partial charge on any atom is 0.513 e. The second kappa shape index (κ2) is 11.2. The van der Waals surface area contributed by atoms with Crippen LogP contribution in [0.4, 0.5) is 9.59 Å². The Balaban J connectivity index is 3.47. The van der Waals surface area contributed by atoms with E-state index in [0.717, 1.165) is 31.4 Å². The summed E-state index contributed by atoms with van der Waals surface area (Å²) in [7, 11) is -3.76. The normalized spacial score (nSPS) is 24.1. The Labute approximate surface area is 182 Å². The summed E-state index contributed by atoms with van der Waals surface area (Å²) in [6, 6.07) is 0.992. The van der Waals surface area contributed by atoms with E-state index >= 15 is 0 Å². The zero-order valence-corrected chi connectivity index (χ0v) is 21.3. The summed E-state index contributed by atoms with van der Waals surface area (Å²) in [5, 5.41) is 0. The molecular formula is C21H38O7Si2. The molecule has 1 heterocycles. The first-order valence-corrected chi connectivity index (χ1v) is 17.8. The fourth-order valence-electron chi connectivity index (χ4n) is 3.89. The third-order valence-electron chi connectivity index (χ3n) is 6.24. The Kier molecular flexibility index (Phi) is 9.83. The second-order valence-corrected chi connectivity index (χ2v) is 24.0. The Morgan fingerprint density at radius 1 is 0.967 bits per heavy atom. The molecule has 2 atom stereocenters. The van der Waals surface area contributed by atoms with Crippen molar-refractivity contribution in [1.29, 1.82) is 0 Å². The highest BCUT2D eigenvalue weighted by Crippen LogP contribution is 2.46.